The third-order valence-corrected chi connectivity index (χ3v) is 2.47. The zero-order valence-corrected chi connectivity index (χ0v) is 9.70. The normalized spacial score (nSPS) is 12.5. The molecule has 1 atom stereocenters. The van der Waals surface area contributed by atoms with Crippen molar-refractivity contribution >= 4 is 11.6 Å². The fourth-order valence-electron chi connectivity index (χ4n) is 1.41. The third kappa shape index (κ3) is 4.54. The van der Waals surface area contributed by atoms with Gasteiger partial charge in [0, 0.05) is 17.5 Å². The average Bonchev–Trinajstić information content (AvgIpc) is 2.24. The van der Waals surface area contributed by atoms with E-state index in [-0.39, 0.29) is 12.5 Å². The van der Waals surface area contributed by atoms with Crippen molar-refractivity contribution in [3.63, 3.8) is 0 Å². The Kier molecular flexibility index (Phi) is 5.51. The van der Waals surface area contributed by atoms with Gasteiger partial charge in [-0.05, 0) is 24.6 Å². The predicted molar refractivity (Wildman–Crippen MR) is 62.4 cm³/mol. The molecule has 84 valence electrons. The quantitative estimate of drug-likeness (QED) is 0.811. The van der Waals surface area contributed by atoms with Gasteiger partial charge in [0.05, 0.1) is 6.61 Å². The molecule has 0 heterocycles. The topological polar surface area (TPSA) is 29.5 Å². The van der Waals surface area contributed by atoms with Gasteiger partial charge in [0.25, 0.3) is 0 Å². The molecule has 0 aliphatic heterocycles. The average molecular weight is 229 g/mol. The van der Waals surface area contributed by atoms with Gasteiger partial charge in [-0.1, -0.05) is 31.0 Å². The maximum Gasteiger partial charge on any atom is 0.120 e. The van der Waals surface area contributed by atoms with Crippen LogP contribution in [0.4, 0.5) is 0 Å². The fourth-order valence-corrected chi connectivity index (χ4v) is 1.59. The summed E-state index contributed by atoms with van der Waals surface area (Å²) in [5.74, 6) is 0.978. The Hall–Kier alpha value is -0.730. The highest BCUT2D eigenvalue weighted by molar-refractivity contribution is 6.30. The summed E-state index contributed by atoms with van der Waals surface area (Å²) in [6, 6.07) is 7.31. The summed E-state index contributed by atoms with van der Waals surface area (Å²) in [6.07, 6.45) is 2.04. The van der Waals surface area contributed by atoms with Crippen LogP contribution < -0.4 is 4.74 Å². The number of hydrogen-bond acceptors (Lipinski definition) is 2. The summed E-state index contributed by atoms with van der Waals surface area (Å²) in [6.45, 7) is 2.82. The van der Waals surface area contributed by atoms with Crippen LogP contribution in [-0.4, -0.2) is 18.3 Å². The van der Waals surface area contributed by atoms with Crippen LogP contribution in [0, 0.1) is 5.92 Å². The Morgan fingerprint density at radius 1 is 1.47 bits per heavy atom. The second kappa shape index (κ2) is 6.70. The summed E-state index contributed by atoms with van der Waals surface area (Å²) < 4.78 is 5.55. The zero-order chi connectivity index (χ0) is 11.1. The molecule has 15 heavy (non-hydrogen) atoms. The Labute approximate surface area is 95.8 Å². The van der Waals surface area contributed by atoms with Crippen molar-refractivity contribution in [1.29, 1.82) is 0 Å². The van der Waals surface area contributed by atoms with Crippen LogP contribution in [0.1, 0.15) is 19.8 Å². The van der Waals surface area contributed by atoms with Gasteiger partial charge < -0.3 is 9.84 Å². The molecule has 0 radical (unpaired) electrons. The molecule has 0 amide bonds. The maximum absolute atomic E-state index is 9.08. The molecule has 0 aromatic heterocycles. The van der Waals surface area contributed by atoms with E-state index in [0.29, 0.717) is 11.6 Å². The maximum atomic E-state index is 9.08. The van der Waals surface area contributed by atoms with Crippen molar-refractivity contribution in [3.05, 3.63) is 29.3 Å². The van der Waals surface area contributed by atoms with Crippen LogP contribution in [0.15, 0.2) is 24.3 Å². The summed E-state index contributed by atoms with van der Waals surface area (Å²) in [7, 11) is 0. The SMILES string of the molecule is CCCC(CO)COc1cccc(Cl)c1. The standard InChI is InChI=1S/C12H17ClO2/c1-2-4-10(8-14)9-15-12-6-3-5-11(13)7-12/h3,5-7,10,14H,2,4,8-9H2,1H3. The summed E-state index contributed by atoms with van der Waals surface area (Å²) in [5, 5.41) is 9.75. The second-order valence-corrected chi connectivity index (χ2v) is 4.04. The van der Waals surface area contributed by atoms with Gasteiger partial charge in [-0.2, -0.15) is 0 Å². The van der Waals surface area contributed by atoms with Gasteiger partial charge in [0.2, 0.25) is 0 Å². The highest BCUT2D eigenvalue weighted by Gasteiger charge is 2.07. The lowest BCUT2D eigenvalue weighted by Gasteiger charge is -2.14. The number of ether oxygens (including phenoxy) is 1. The van der Waals surface area contributed by atoms with E-state index in [1.54, 1.807) is 6.07 Å². The first kappa shape index (κ1) is 12.3. The minimum Gasteiger partial charge on any atom is -0.493 e. The van der Waals surface area contributed by atoms with E-state index in [0.717, 1.165) is 18.6 Å². The first-order valence-electron chi connectivity index (χ1n) is 5.25. The van der Waals surface area contributed by atoms with Crippen molar-refractivity contribution in [2.45, 2.75) is 19.8 Å². The molecule has 1 unspecified atom stereocenters. The van der Waals surface area contributed by atoms with Crippen molar-refractivity contribution in [1.82, 2.24) is 0 Å². The van der Waals surface area contributed by atoms with Gasteiger partial charge >= 0.3 is 0 Å². The number of aliphatic hydroxyl groups is 1. The largest absolute Gasteiger partial charge is 0.493 e. The summed E-state index contributed by atoms with van der Waals surface area (Å²) >= 11 is 5.83. The molecule has 0 aliphatic rings. The van der Waals surface area contributed by atoms with Crippen LogP contribution >= 0.6 is 11.6 Å². The van der Waals surface area contributed by atoms with Gasteiger partial charge in [-0.15, -0.1) is 0 Å². The number of benzene rings is 1. The third-order valence-electron chi connectivity index (χ3n) is 2.24. The molecule has 0 saturated carbocycles. The number of aliphatic hydroxyl groups excluding tert-OH is 1. The molecule has 0 fully saturated rings. The number of rotatable bonds is 6. The van der Waals surface area contributed by atoms with E-state index in [1.807, 2.05) is 18.2 Å². The first-order valence-corrected chi connectivity index (χ1v) is 5.63. The van der Waals surface area contributed by atoms with E-state index in [1.165, 1.54) is 0 Å². The monoisotopic (exact) mass is 228 g/mol. The van der Waals surface area contributed by atoms with Crippen molar-refractivity contribution in [2.75, 3.05) is 13.2 Å². The van der Waals surface area contributed by atoms with Gasteiger partial charge in [0.1, 0.15) is 5.75 Å². The Bertz CT molecular complexity index is 289. The highest BCUT2D eigenvalue weighted by atomic mass is 35.5. The Morgan fingerprint density at radius 2 is 2.27 bits per heavy atom. The van der Waals surface area contributed by atoms with Crippen molar-refractivity contribution in [3.8, 4) is 5.75 Å². The van der Waals surface area contributed by atoms with E-state index in [2.05, 4.69) is 6.92 Å². The first-order chi connectivity index (χ1) is 7.26. The Morgan fingerprint density at radius 3 is 2.87 bits per heavy atom. The highest BCUT2D eigenvalue weighted by Crippen LogP contribution is 2.18. The molecule has 1 rings (SSSR count). The van der Waals surface area contributed by atoms with Crippen molar-refractivity contribution in [2.24, 2.45) is 5.92 Å². The summed E-state index contributed by atoms with van der Waals surface area (Å²) in [5.41, 5.74) is 0. The van der Waals surface area contributed by atoms with Crippen LogP contribution in [0.25, 0.3) is 0 Å². The molecule has 0 spiro atoms. The van der Waals surface area contributed by atoms with Crippen LogP contribution in [-0.2, 0) is 0 Å². The van der Waals surface area contributed by atoms with E-state index in [4.69, 9.17) is 21.4 Å². The number of halogens is 1. The Balaban J connectivity index is 2.41. The molecule has 0 bridgehead atoms. The van der Waals surface area contributed by atoms with Gasteiger partial charge in [-0.25, -0.2) is 0 Å². The van der Waals surface area contributed by atoms with E-state index in [9.17, 15) is 0 Å². The molecule has 1 N–H and O–H groups in total. The smallest absolute Gasteiger partial charge is 0.120 e. The second-order valence-electron chi connectivity index (χ2n) is 3.61. The van der Waals surface area contributed by atoms with Crippen LogP contribution in [0.2, 0.25) is 5.02 Å². The van der Waals surface area contributed by atoms with E-state index < -0.39 is 0 Å². The minimum absolute atomic E-state index is 0.175. The zero-order valence-electron chi connectivity index (χ0n) is 8.95. The molecule has 1 aromatic rings. The molecule has 0 aliphatic carbocycles. The molecule has 1 aromatic carbocycles. The molecular weight excluding hydrogens is 212 g/mol. The molecular formula is C12H17ClO2. The van der Waals surface area contributed by atoms with E-state index >= 15 is 0 Å². The van der Waals surface area contributed by atoms with Crippen molar-refractivity contribution < 1.29 is 9.84 Å². The molecule has 3 heteroatoms. The summed E-state index contributed by atoms with van der Waals surface area (Å²) in [4.78, 5) is 0. The predicted octanol–water partition coefficient (Wildman–Crippen LogP) is 3.13. The van der Waals surface area contributed by atoms with Gasteiger partial charge in [0.15, 0.2) is 0 Å². The lowest BCUT2D eigenvalue weighted by Crippen LogP contribution is -2.15. The lowest BCUT2D eigenvalue weighted by atomic mass is 10.1. The minimum atomic E-state index is 0.175. The molecule has 2 nitrogen and oxygen atoms in total. The molecule has 0 saturated heterocycles. The fraction of sp³-hybridized carbons (Fsp3) is 0.500. The van der Waals surface area contributed by atoms with Crippen LogP contribution in [0.5, 0.6) is 5.75 Å². The lowest BCUT2D eigenvalue weighted by molar-refractivity contribution is 0.155. The van der Waals surface area contributed by atoms with Gasteiger partial charge in [-0.3, -0.25) is 0 Å². The number of hydrogen-bond donors (Lipinski definition) is 1. The van der Waals surface area contributed by atoms with Crippen LogP contribution in [0.3, 0.4) is 0 Å².